The van der Waals surface area contributed by atoms with E-state index in [1.807, 2.05) is 50.3 Å². The molecule has 0 aliphatic carbocycles. The Kier molecular flexibility index (Phi) is 5.15. The molecular weight excluding hydrogens is 344 g/mol. The zero-order valence-corrected chi connectivity index (χ0v) is 16.9. The van der Waals surface area contributed by atoms with Gasteiger partial charge in [0, 0.05) is 12.5 Å². The van der Waals surface area contributed by atoms with Crippen molar-refractivity contribution in [2.45, 2.75) is 38.8 Å². The van der Waals surface area contributed by atoms with Crippen LogP contribution >= 0.6 is 0 Å². The third kappa shape index (κ3) is 4.08. The van der Waals surface area contributed by atoms with Gasteiger partial charge in [-0.1, -0.05) is 26.8 Å². The Labute approximate surface area is 160 Å². The van der Waals surface area contributed by atoms with Crippen LogP contribution in [0, 0.1) is 0 Å². The maximum absolute atomic E-state index is 13.2. The van der Waals surface area contributed by atoms with E-state index in [9.17, 15) is 4.79 Å². The van der Waals surface area contributed by atoms with Gasteiger partial charge in [-0.3, -0.25) is 14.8 Å². The fourth-order valence-electron chi connectivity index (χ4n) is 3.11. The molecule has 2 heterocycles. The number of H-pyrrole nitrogens is 1. The fourth-order valence-corrected chi connectivity index (χ4v) is 3.11. The Bertz CT molecular complexity index is 823. The summed E-state index contributed by atoms with van der Waals surface area (Å²) in [6.45, 7) is 7.03. The molecule has 0 fully saturated rings. The minimum Gasteiger partial charge on any atom is -0.454 e. The number of hydrogen-bond donors (Lipinski definition) is 1. The van der Waals surface area contributed by atoms with Crippen LogP contribution in [0.3, 0.4) is 0 Å². The van der Waals surface area contributed by atoms with E-state index in [1.165, 1.54) is 0 Å². The molecule has 0 spiro atoms. The minimum absolute atomic E-state index is 0.00535. The smallest absolute Gasteiger partial charge is 0.244 e. The minimum atomic E-state index is -0.408. The molecule has 1 amide bonds. The Morgan fingerprint density at radius 2 is 1.89 bits per heavy atom. The molecule has 1 aromatic heterocycles. The van der Waals surface area contributed by atoms with Crippen LogP contribution in [-0.4, -0.2) is 53.8 Å². The second kappa shape index (κ2) is 7.23. The first-order valence-corrected chi connectivity index (χ1v) is 9.02. The van der Waals surface area contributed by atoms with Crippen molar-refractivity contribution in [3.8, 4) is 11.5 Å². The van der Waals surface area contributed by atoms with Crippen molar-refractivity contribution >= 4 is 5.91 Å². The van der Waals surface area contributed by atoms with Crippen molar-refractivity contribution in [2.75, 3.05) is 27.9 Å². The van der Waals surface area contributed by atoms with Gasteiger partial charge in [0.1, 0.15) is 6.04 Å². The number of benzene rings is 1. The number of hydrogen-bond acceptors (Lipinski definition) is 5. The molecule has 27 heavy (non-hydrogen) atoms. The number of nitrogens with zero attached hydrogens (tertiary/aromatic N) is 3. The highest BCUT2D eigenvalue weighted by Gasteiger charge is 2.28. The van der Waals surface area contributed by atoms with Crippen molar-refractivity contribution in [1.29, 1.82) is 0 Å². The molecule has 1 unspecified atom stereocenters. The first-order valence-electron chi connectivity index (χ1n) is 9.02. The Balaban J connectivity index is 1.77. The highest BCUT2D eigenvalue weighted by Crippen LogP contribution is 2.35. The summed E-state index contributed by atoms with van der Waals surface area (Å²) in [7, 11) is 5.60. The van der Waals surface area contributed by atoms with Crippen LogP contribution in [-0.2, 0) is 16.8 Å². The standard InChI is InChI=1S/C20H28N4O3/c1-20(2,3)17-10-14(21-22-17)11-24(6)19(25)18(23(4)5)13-7-8-15-16(9-13)27-12-26-15/h7-10,18H,11-12H2,1-6H3,(H,21,22). The zero-order valence-electron chi connectivity index (χ0n) is 16.9. The number of carbonyl (C=O) groups excluding carboxylic acids is 1. The van der Waals surface area contributed by atoms with E-state index in [1.54, 1.807) is 4.90 Å². The molecule has 0 saturated carbocycles. The summed E-state index contributed by atoms with van der Waals surface area (Å²) in [6, 6.07) is 7.26. The number of ether oxygens (including phenoxy) is 2. The number of likely N-dealkylation sites (N-methyl/N-ethyl adjacent to an activating group) is 2. The molecular formula is C20H28N4O3. The van der Waals surface area contributed by atoms with Crippen molar-refractivity contribution < 1.29 is 14.3 Å². The van der Waals surface area contributed by atoms with Crippen molar-refractivity contribution in [3.63, 3.8) is 0 Å². The average Bonchev–Trinajstić information content (AvgIpc) is 3.22. The highest BCUT2D eigenvalue weighted by atomic mass is 16.7. The number of rotatable bonds is 5. The van der Waals surface area contributed by atoms with Gasteiger partial charge in [0.2, 0.25) is 12.7 Å². The maximum Gasteiger partial charge on any atom is 0.244 e. The molecule has 1 aliphatic heterocycles. The third-order valence-corrected chi connectivity index (χ3v) is 4.65. The van der Waals surface area contributed by atoms with E-state index in [-0.39, 0.29) is 18.1 Å². The Hall–Kier alpha value is -2.54. The number of aromatic amines is 1. The summed E-state index contributed by atoms with van der Waals surface area (Å²) in [5, 5.41) is 7.42. The van der Waals surface area contributed by atoms with Crippen molar-refractivity contribution in [2.24, 2.45) is 0 Å². The molecule has 7 nitrogen and oxygen atoms in total. The molecule has 7 heteroatoms. The molecule has 1 aliphatic rings. The van der Waals surface area contributed by atoms with E-state index >= 15 is 0 Å². The lowest BCUT2D eigenvalue weighted by atomic mass is 9.92. The highest BCUT2D eigenvalue weighted by molar-refractivity contribution is 5.83. The number of amides is 1. The van der Waals surface area contributed by atoms with E-state index in [0.717, 1.165) is 17.0 Å². The van der Waals surface area contributed by atoms with E-state index < -0.39 is 6.04 Å². The van der Waals surface area contributed by atoms with Crippen LogP contribution < -0.4 is 9.47 Å². The third-order valence-electron chi connectivity index (χ3n) is 4.65. The normalized spacial score (nSPS) is 14.5. The second-order valence-electron chi connectivity index (χ2n) is 8.20. The van der Waals surface area contributed by atoms with Gasteiger partial charge in [0.05, 0.1) is 17.9 Å². The summed E-state index contributed by atoms with van der Waals surface area (Å²) in [4.78, 5) is 16.8. The van der Waals surface area contributed by atoms with Crippen LogP contribution in [0.4, 0.5) is 0 Å². The van der Waals surface area contributed by atoms with E-state index in [0.29, 0.717) is 18.0 Å². The largest absolute Gasteiger partial charge is 0.454 e. The van der Waals surface area contributed by atoms with Gasteiger partial charge in [-0.25, -0.2) is 0 Å². The van der Waals surface area contributed by atoms with Gasteiger partial charge in [0.25, 0.3) is 0 Å². The molecule has 0 radical (unpaired) electrons. The second-order valence-corrected chi connectivity index (χ2v) is 8.20. The fraction of sp³-hybridized carbons (Fsp3) is 0.500. The summed E-state index contributed by atoms with van der Waals surface area (Å²) in [6.07, 6.45) is 0. The number of nitrogens with one attached hydrogen (secondary N) is 1. The van der Waals surface area contributed by atoms with Gasteiger partial charge in [-0.15, -0.1) is 0 Å². The number of aromatic nitrogens is 2. The van der Waals surface area contributed by atoms with Crippen LogP contribution in [0.1, 0.15) is 43.8 Å². The summed E-state index contributed by atoms with van der Waals surface area (Å²) in [5.74, 6) is 1.40. The average molecular weight is 372 g/mol. The first-order chi connectivity index (χ1) is 12.7. The van der Waals surface area contributed by atoms with Crippen molar-refractivity contribution in [3.05, 3.63) is 41.2 Å². The summed E-state index contributed by atoms with van der Waals surface area (Å²) < 4.78 is 10.8. The van der Waals surface area contributed by atoms with Gasteiger partial charge >= 0.3 is 0 Å². The Morgan fingerprint density at radius 3 is 2.52 bits per heavy atom. The first kappa shape index (κ1) is 19.2. The van der Waals surface area contributed by atoms with Gasteiger partial charge in [0.15, 0.2) is 11.5 Å². The van der Waals surface area contributed by atoms with Gasteiger partial charge in [-0.05, 0) is 37.9 Å². The van der Waals surface area contributed by atoms with Gasteiger partial charge in [-0.2, -0.15) is 5.10 Å². The number of carbonyl (C=O) groups is 1. The Morgan fingerprint density at radius 1 is 1.19 bits per heavy atom. The summed E-state index contributed by atoms with van der Waals surface area (Å²) >= 11 is 0. The molecule has 0 bridgehead atoms. The zero-order chi connectivity index (χ0) is 19.8. The number of fused-ring (bicyclic) bond motifs is 1. The topological polar surface area (TPSA) is 70.7 Å². The lowest BCUT2D eigenvalue weighted by Gasteiger charge is -2.28. The molecule has 146 valence electrons. The monoisotopic (exact) mass is 372 g/mol. The van der Waals surface area contributed by atoms with Crippen LogP contribution in [0.15, 0.2) is 24.3 Å². The van der Waals surface area contributed by atoms with Crippen LogP contribution in [0.5, 0.6) is 11.5 Å². The molecule has 1 aromatic carbocycles. The lowest BCUT2D eigenvalue weighted by Crippen LogP contribution is -2.38. The summed E-state index contributed by atoms with van der Waals surface area (Å²) in [5.41, 5.74) is 2.74. The SMILES string of the molecule is CN(Cc1cc(C(C)(C)C)n[nH]1)C(=O)C(c1ccc2c(c1)OCO2)N(C)C. The van der Waals surface area contributed by atoms with E-state index in [4.69, 9.17) is 9.47 Å². The van der Waals surface area contributed by atoms with Crippen LogP contribution in [0.2, 0.25) is 0 Å². The molecule has 1 N–H and O–H groups in total. The molecule has 3 rings (SSSR count). The molecule has 1 atom stereocenters. The van der Waals surface area contributed by atoms with Crippen molar-refractivity contribution in [1.82, 2.24) is 20.0 Å². The predicted octanol–water partition coefficient (Wildman–Crippen LogP) is 2.70. The van der Waals surface area contributed by atoms with Crippen LogP contribution in [0.25, 0.3) is 0 Å². The molecule has 2 aromatic rings. The van der Waals surface area contributed by atoms with Gasteiger partial charge < -0.3 is 14.4 Å². The van der Waals surface area contributed by atoms with E-state index in [2.05, 4.69) is 31.0 Å². The predicted molar refractivity (Wildman–Crippen MR) is 103 cm³/mol. The maximum atomic E-state index is 13.2. The molecule has 0 saturated heterocycles. The quantitative estimate of drug-likeness (QED) is 0.874. The lowest BCUT2D eigenvalue weighted by molar-refractivity contribution is -0.135.